The second-order valence-electron chi connectivity index (χ2n) is 5.18. The Bertz CT molecular complexity index is 618. The summed E-state index contributed by atoms with van der Waals surface area (Å²) >= 11 is 0. The van der Waals surface area contributed by atoms with Crippen LogP contribution < -0.4 is 10.6 Å². The van der Waals surface area contributed by atoms with Crippen molar-refractivity contribution >= 4 is 11.6 Å². The van der Waals surface area contributed by atoms with Crippen LogP contribution in [-0.2, 0) is 6.54 Å². The maximum Gasteiger partial charge on any atom is 0.253 e. The number of hydrogen-bond acceptors (Lipinski definition) is 3. The SMILES string of the molecule is CCCNc1cc(C)ccc1C(=O)NCc1cn[nH]c1C. The zero-order valence-corrected chi connectivity index (χ0v) is 12.8. The minimum atomic E-state index is -0.0748. The molecule has 3 N–H and O–H groups in total. The molecule has 21 heavy (non-hydrogen) atoms. The van der Waals surface area contributed by atoms with Crippen LogP contribution in [0, 0.1) is 13.8 Å². The molecule has 5 heteroatoms. The average molecular weight is 286 g/mol. The van der Waals surface area contributed by atoms with Crippen LogP contribution in [-0.4, -0.2) is 22.6 Å². The van der Waals surface area contributed by atoms with Crippen molar-refractivity contribution in [2.45, 2.75) is 33.7 Å². The van der Waals surface area contributed by atoms with Gasteiger partial charge in [-0.15, -0.1) is 0 Å². The summed E-state index contributed by atoms with van der Waals surface area (Å²) in [5.41, 5.74) is 4.67. The van der Waals surface area contributed by atoms with E-state index in [1.807, 2.05) is 32.0 Å². The molecule has 2 aromatic rings. The maximum absolute atomic E-state index is 12.4. The molecule has 1 heterocycles. The zero-order chi connectivity index (χ0) is 15.2. The number of H-pyrrole nitrogens is 1. The summed E-state index contributed by atoms with van der Waals surface area (Å²) in [6.45, 7) is 7.39. The Balaban J connectivity index is 2.09. The van der Waals surface area contributed by atoms with Crippen LogP contribution in [0.2, 0.25) is 0 Å². The van der Waals surface area contributed by atoms with Gasteiger partial charge in [-0.3, -0.25) is 9.89 Å². The Morgan fingerprint density at radius 3 is 2.81 bits per heavy atom. The highest BCUT2D eigenvalue weighted by Crippen LogP contribution is 2.18. The number of carbonyl (C=O) groups excluding carboxylic acids is 1. The van der Waals surface area contributed by atoms with E-state index in [1.165, 1.54) is 0 Å². The van der Waals surface area contributed by atoms with Crippen molar-refractivity contribution < 1.29 is 4.79 Å². The van der Waals surface area contributed by atoms with Gasteiger partial charge in [0.05, 0.1) is 11.8 Å². The van der Waals surface area contributed by atoms with Crippen LogP contribution in [0.25, 0.3) is 0 Å². The number of aromatic amines is 1. The van der Waals surface area contributed by atoms with Crippen molar-refractivity contribution in [2.75, 3.05) is 11.9 Å². The number of nitrogens with zero attached hydrogens (tertiary/aromatic N) is 1. The van der Waals surface area contributed by atoms with Crippen LogP contribution in [0.5, 0.6) is 0 Å². The fraction of sp³-hybridized carbons (Fsp3) is 0.375. The summed E-state index contributed by atoms with van der Waals surface area (Å²) in [7, 11) is 0. The molecule has 1 aromatic carbocycles. The molecule has 0 radical (unpaired) electrons. The van der Waals surface area contributed by atoms with E-state index < -0.39 is 0 Å². The highest BCUT2D eigenvalue weighted by Gasteiger charge is 2.12. The monoisotopic (exact) mass is 286 g/mol. The van der Waals surface area contributed by atoms with Crippen molar-refractivity contribution in [2.24, 2.45) is 0 Å². The van der Waals surface area contributed by atoms with Crippen LogP contribution in [0.4, 0.5) is 5.69 Å². The lowest BCUT2D eigenvalue weighted by molar-refractivity contribution is 0.0951. The van der Waals surface area contributed by atoms with Crippen molar-refractivity contribution in [1.29, 1.82) is 0 Å². The second kappa shape index (κ2) is 6.92. The van der Waals surface area contributed by atoms with Crippen molar-refractivity contribution in [3.63, 3.8) is 0 Å². The molecule has 112 valence electrons. The first kappa shape index (κ1) is 15.1. The third-order valence-electron chi connectivity index (χ3n) is 3.36. The molecule has 2 rings (SSSR count). The molecule has 0 bridgehead atoms. The molecule has 0 fully saturated rings. The predicted molar refractivity (Wildman–Crippen MR) is 84.5 cm³/mol. The standard InChI is InChI=1S/C16H22N4O/c1-4-7-17-15-8-11(2)5-6-14(15)16(21)18-9-13-10-19-20-12(13)3/h5-6,8,10,17H,4,7,9H2,1-3H3,(H,18,21)(H,19,20). The first-order chi connectivity index (χ1) is 10.1. The molecule has 1 amide bonds. The molecule has 0 aliphatic heterocycles. The minimum absolute atomic E-state index is 0.0748. The summed E-state index contributed by atoms with van der Waals surface area (Å²) in [4.78, 5) is 12.4. The number of carbonyl (C=O) groups is 1. The Morgan fingerprint density at radius 2 is 2.14 bits per heavy atom. The lowest BCUT2D eigenvalue weighted by Crippen LogP contribution is -2.24. The third kappa shape index (κ3) is 3.84. The van der Waals surface area contributed by atoms with E-state index >= 15 is 0 Å². The molecule has 0 spiro atoms. The van der Waals surface area contributed by atoms with Gasteiger partial charge < -0.3 is 10.6 Å². The van der Waals surface area contributed by atoms with E-state index in [2.05, 4.69) is 27.8 Å². The van der Waals surface area contributed by atoms with Crippen LogP contribution in [0.1, 0.15) is 40.5 Å². The quantitative estimate of drug-likeness (QED) is 0.764. The fourth-order valence-corrected chi connectivity index (χ4v) is 2.09. The molecular weight excluding hydrogens is 264 g/mol. The van der Waals surface area contributed by atoms with Gasteiger partial charge in [-0.05, 0) is 38.0 Å². The first-order valence-corrected chi connectivity index (χ1v) is 7.23. The van der Waals surface area contributed by atoms with E-state index in [9.17, 15) is 4.79 Å². The third-order valence-corrected chi connectivity index (χ3v) is 3.36. The van der Waals surface area contributed by atoms with Crippen molar-refractivity contribution in [3.8, 4) is 0 Å². The summed E-state index contributed by atoms with van der Waals surface area (Å²) < 4.78 is 0. The molecule has 0 aliphatic carbocycles. The summed E-state index contributed by atoms with van der Waals surface area (Å²) in [5.74, 6) is -0.0748. The van der Waals surface area contributed by atoms with E-state index in [1.54, 1.807) is 6.20 Å². The maximum atomic E-state index is 12.4. The Kier molecular flexibility index (Phi) is 4.98. The van der Waals surface area contributed by atoms with Gasteiger partial charge >= 0.3 is 0 Å². The normalized spacial score (nSPS) is 10.4. The Morgan fingerprint density at radius 1 is 1.33 bits per heavy atom. The highest BCUT2D eigenvalue weighted by atomic mass is 16.1. The number of anilines is 1. The van der Waals surface area contributed by atoms with Gasteiger partial charge in [0.1, 0.15) is 0 Å². The molecule has 0 saturated heterocycles. The number of aryl methyl sites for hydroxylation is 2. The number of amides is 1. The van der Waals surface area contributed by atoms with Gasteiger partial charge in [0, 0.05) is 30.0 Å². The first-order valence-electron chi connectivity index (χ1n) is 7.23. The van der Waals surface area contributed by atoms with E-state index in [4.69, 9.17) is 0 Å². The van der Waals surface area contributed by atoms with Crippen molar-refractivity contribution in [1.82, 2.24) is 15.5 Å². The smallest absolute Gasteiger partial charge is 0.253 e. The molecule has 0 aliphatic rings. The summed E-state index contributed by atoms with van der Waals surface area (Å²) in [5, 5.41) is 13.1. The lowest BCUT2D eigenvalue weighted by Gasteiger charge is -2.12. The number of hydrogen-bond donors (Lipinski definition) is 3. The van der Waals surface area contributed by atoms with E-state index in [-0.39, 0.29) is 5.91 Å². The van der Waals surface area contributed by atoms with Crippen molar-refractivity contribution in [3.05, 3.63) is 46.8 Å². The van der Waals surface area contributed by atoms with Gasteiger partial charge in [-0.25, -0.2) is 0 Å². The van der Waals surface area contributed by atoms with Gasteiger partial charge in [-0.1, -0.05) is 13.0 Å². The molecule has 1 aromatic heterocycles. The highest BCUT2D eigenvalue weighted by molar-refractivity contribution is 5.99. The van der Waals surface area contributed by atoms with E-state index in [0.29, 0.717) is 12.1 Å². The average Bonchev–Trinajstić information content (AvgIpc) is 2.88. The van der Waals surface area contributed by atoms with E-state index in [0.717, 1.165) is 35.5 Å². The number of benzene rings is 1. The van der Waals surface area contributed by atoms with Crippen LogP contribution in [0.15, 0.2) is 24.4 Å². The zero-order valence-electron chi connectivity index (χ0n) is 12.8. The Hall–Kier alpha value is -2.30. The van der Waals surface area contributed by atoms with Gasteiger partial charge in [-0.2, -0.15) is 5.10 Å². The predicted octanol–water partition coefficient (Wildman–Crippen LogP) is 2.78. The van der Waals surface area contributed by atoms with Crippen LogP contribution >= 0.6 is 0 Å². The summed E-state index contributed by atoms with van der Waals surface area (Å²) in [6.07, 6.45) is 2.75. The molecule has 0 atom stereocenters. The van der Waals surface area contributed by atoms with Gasteiger partial charge in [0.25, 0.3) is 5.91 Å². The number of nitrogens with one attached hydrogen (secondary N) is 3. The molecule has 0 unspecified atom stereocenters. The molecule has 0 saturated carbocycles. The van der Waals surface area contributed by atoms with Gasteiger partial charge in [0.15, 0.2) is 0 Å². The second-order valence-corrected chi connectivity index (χ2v) is 5.18. The fourth-order valence-electron chi connectivity index (χ4n) is 2.09. The molecule has 5 nitrogen and oxygen atoms in total. The summed E-state index contributed by atoms with van der Waals surface area (Å²) in [6, 6.07) is 5.83. The topological polar surface area (TPSA) is 69.8 Å². The largest absolute Gasteiger partial charge is 0.384 e. The minimum Gasteiger partial charge on any atom is -0.384 e. The van der Waals surface area contributed by atoms with Gasteiger partial charge in [0.2, 0.25) is 0 Å². The Labute approximate surface area is 125 Å². The number of aromatic nitrogens is 2. The lowest BCUT2D eigenvalue weighted by atomic mass is 10.1. The number of rotatable bonds is 6. The van der Waals surface area contributed by atoms with Crippen LogP contribution in [0.3, 0.4) is 0 Å². The molecular formula is C16H22N4O.